The minimum absolute atomic E-state index is 0. The molecular formula is C17H16Cl2F2N4O2. The predicted molar refractivity (Wildman–Crippen MR) is 101 cm³/mol. The van der Waals surface area contributed by atoms with Crippen molar-refractivity contribution in [2.45, 2.75) is 5.54 Å². The molecule has 0 bridgehead atoms. The van der Waals surface area contributed by atoms with Gasteiger partial charge in [-0.05, 0) is 30.3 Å². The van der Waals surface area contributed by atoms with Crippen molar-refractivity contribution in [3.05, 3.63) is 58.6 Å². The molecule has 3 N–H and O–H groups in total. The molecule has 27 heavy (non-hydrogen) atoms. The number of amidine groups is 1. The predicted octanol–water partition coefficient (Wildman–Crippen LogP) is 3.10. The van der Waals surface area contributed by atoms with Gasteiger partial charge in [-0.1, -0.05) is 11.6 Å². The molecule has 1 amide bonds. The number of amides is 1. The second kappa shape index (κ2) is 8.60. The second-order valence-corrected chi connectivity index (χ2v) is 6.21. The lowest BCUT2D eigenvalue weighted by Gasteiger charge is -2.31. The Kier molecular flexibility index (Phi) is 6.69. The number of ether oxygens (including phenoxy) is 1. The fraction of sp³-hybridized carbons (Fsp3) is 0.235. The topological polar surface area (TPSA) is 89.6 Å². The molecular weight excluding hydrogens is 401 g/mol. The number of pyridine rings is 1. The molecule has 144 valence electrons. The first-order valence-corrected chi connectivity index (χ1v) is 8.02. The summed E-state index contributed by atoms with van der Waals surface area (Å²) in [6, 6.07) is 6.77. The number of carbonyl (C=O) groups excluding carboxylic acids is 1. The third-order valence-corrected chi connectivity index (χ3v) is 4.08. The van der Waals surface area contributed by atoms with Crippen LogP contribution in [0.1, 0.15) is 16.1 Å². The Hall–Kier alpha value is -2.29. The number of carbonyl (C=O) groups is 1. The van der Waals surface area contributed by atoms with Gasteiger partial charge in [0.25, 0.3) is 5.91 Å². The highest BCUT2D eigenvalue weighted by molar-refractivity contribution is 6.30. The first-order valence-electron chi connectivity index (χ1n) is 7.64. The summed E-state index contributed by atoms with van der Waals surface area (Å²) in [5.74, 6) is -1.11. The highest BCUT2D eigenvalue weighted by Crippen LogP contribution is 2.33. The Morgan fingerprint density at radius 3 is 2.78 bits per heavy atom. The van der Waals surface area contributed by atoms with E-state index in [9.17, 15) is 13.6 Å². The number of benzene rings is 1. The number of aliphatic imine (C=N–C) groups is 1. The van der Waals surface area contributed by atoms with Crippen LogP contribution in [0.4, 0.5) is 14.5 Å². The summed E-state index contributed by atoms with van der Waals surface area (Å²) in [6.07, 6.45) is 1.33. The molecule has 1 aliphatic rings. The Morgan fingerprint density at radius 2 is 2.15 bits per heavy atom. The molecule has 0 spiro atoms. The van der Waals surface area contributed by atoms with E-state index < -0.39 is 23.9 Å². The fourth-order valence-corrected chi connectivity index (χ4v) is 2.72. The van der Waals surface area contributed by atoms with Gasteiger partial charge in [0.05, 0.1) is 11.6 Å². The maximum Gasteiger partial charge on any atom is 0.274 e. The largest absolute Gasteiger partial charge is 0.385 e. The first kappa shape index (κ1) is 21.0. The van der Waals surface area contributed by atoms with Crippen molar-refractivity contribution in [2.75, 3.05) is 25.2 Å². The Labute approximate surface area is 165 Å². The minimum Gasteiger partial charge on any atom is -0.385 e. The molecule has 0 radical (unpaired) electrons. The summed E-state index contributed by atoms with van der Waals surface area (Å²) in [5, 5.41) is 2.97. The lowest BCUT2D eigenvalue weighted by Crippen LogP contribution is -2.42. The molecule has 1 aromatic carbocycles. The number of nitrogens with one attached hydrogen (secondary N) is 1. The van der Waals surface area contributed by atoms with Crippen LogP contribution in [0.25, 0.3) is 0 Å². The number of nitrogens with two attached hydrogens (primary N) is 1. The molecule has 10 heteroatoms. The zero-order valence-corrected chi connectivity index (χ0v) is 15.5. The van der Waals surface area contributed by atoms with Gasteiger partial charge < -0.3 is 15.8 Å². The SMILES string of the molecule is Cl.NC1=N[C@](CF)(c2cc(NC(=O)c3ccc(Cl)cn3)ccc2F)COC1. The van der Waals surface area contributed by atoms with Gasteiger partial charge >= 0.3 is 0 Å². The molecule has 0 saturated carbocycles. The lowest BCUT2D eigenvalue weighted by atomic mass is 9.91. The molecule has 1 atom stereocenters. The van der Waals surface area contributed by atoms with Crippen LogP contribution < -0.4 is 11.1 Å². The van der Waals surface area contributed by atoms with E-state index in [1.54, 1.807) is 0 Å². The molecule has 0 aliphatic carbocycles. The summed E-state index contributed by atoms with van der Waals surface area (Å²) in [7, 11) is 0. The van der Waals surface area contributed by atoms with Crippen LogP contribution >= 0.6 is 24.0 Å². The lowest BCUT2D eigenvalue weighted by molar-refractivity contribution is 0.0809. The molecule has 3 rings (SSSR count). The highest BCUT2D eigenvalue weighted by atomic mass is 35.5. The van der Waals surface area contributed by atoms with Gasteiger partial charge in [0.1, 0.15) is 36.2 Å². The normalized spacial score (nSPS) is 19.0. The highest BCUT2D eigenvalue weighted by Gasteiger charge is 2.38. The van der Waals surface area contributed by atoms with Gasteiger partial charge in [-0.25, -0.2) is 13.8 Å². The zero-order chi connectivity index (χ0) is 18.7. The number of alkyl halides is 1. The molecule has 6 nitrogen and oxygen atoms in total. The van der Waals surface area contributed by atoms with Crippen LogP contribution in [0.5, 0.6) is 0 Å². The van der Waals surface area contributed by atoms with E-state index in [1.165, 1.54) is 30.5 Å². The zero-order valence-electron chi connectivity index (χ0n) is 13.9. The van der Waals surface area contributed by atoms with E-state index in [4.69, 9.17) is 22.1 Å². The average molecular weight is 417 g/mol. The van der Waals surface area contributed by atoms with Crippen molar-refractivity contribution >= 4 is 41.4 Å². The Balaban J connectivity index is 0.00000261. The summed E-state index contributed by atoms with van der Waals surface area (Å²) in [5.41, 5.74) is 4.39. The number of nitrogens with zero attached hydrogens (tertiary/aromatic N) is 2. The van der Waals surface area contributed by atoms with Gasteiger partial charge in [-0.15, -0.1) is 12.4 Å². The quantitative estimate of drug-likeness (QED) is 0.800. The first-order chi connectivity index (χ1) is 12.4. The summed E-state index contributed by atoms with van der Waals surface area (Å²) in [6.45, 7) is -1.10. The maximum absolute atomic E-state index is 14.3. The van der Waals surface area contributed by atoms with E-state index in [1.807, 2.05) is 0 Å². The Morgan fingerprint density at radius 1 is 1.37 bits per heavy atom. The van der Waals surface area contributed by atoms with Gasteiger partial charge in [-0.2, -0.15) is 0 Å². The number of halogens is 4. The standard InChI is InChI=1S/C17H15ClF2N4O2.ClH/c18-10-1-4-14(22-6-10)16(25)23-11-2-3-13(20)12(5-11)17(8-19)9-26-7-15(21)24-17;/h1-6H,7-9H2,(H2,21,24)(H,23,25);1H/t17-;/m0./s1. The molecule has 2 aromatic rings. The summed E-state index contributed by atoms with van der Waals surface area (Å²) in [4.78, 5) is 20.2. The van der Waals surface area contributed by atoms with Crippen LogP contribution in [0.15, 0.2) is 41.5 Å². The van der Waals surface area contributed by atoms with Crippen molar-refractivity contribution in [1.29, 1.82) is 0 Å². The minimum atomic E-state index is -1.58. The summed E-state index contributed by atoms with van der Waals surface area (Å²) >= 11 is 5.74. The molecule has 0 unspecified atom stereocenters. The molecule has 0 fully saturated rings. The van der Waals surface area contributed by atoms with Gasteiger partial charge in [0.15, 0.2) is 0 Å². The molecule has 0 saturated heterocycles. The van der Waals surface area contributed by atoms with E-state index in [2.05, 4.69) is 15.3 Å². The van der Waals surface area contributed by atoms with Crippen molar-refractivity contribution < 1.29 is 18.3 Å². The van der Waals surface area contributed by atoms with Gasteiger partial charge in [0, 0.05) is 17.4 Å². The fourth-order valence-electron chi connectivity index (χ4n) is 2.61. The number of aromatic nitrogens is 1. The van der Waals surface area contributed by atoms with Crippen LogP contribution in [0.3, 0.4) is 0 Å². The monoisotopic (exact) mass is 416 g/mol. The number of hydrogen-bond donors (Lipinski definition) is 2. The average Bonchev–Trinajstić information content (AvgIpc) is 2.63. The third kappa shape index (κ3) is 4.52. The number of anilines is 1. The van der Waals surface area contributed by atoms with Crippen molar-refractivity contribution in [1.82, 2.24) is 4.98 Å². The van der Waals surface area contributed by atoms with E-state index >= 15 is 0 Å². The van der Waals surface area contributed by atoms with E-state index in [0.29, 0.717) is 5.02 Å². The van der Waals surface area contributed by atoms with Crippen LogP contribution in [0, 0.1) is 5.82 Å². The van der Waals surface area contributed by atoms with Gasteiger partial charge in [0.2, 0.25) is 0 Å². The van der Waals surface area contributed by atoms with E-state index in [-0.39, 0.29) is 48.4 Å². The van der Waals surface area contributed by atoms with Crippen LogP contribution in [0.2, 0.25) is 5.02 Å². The Bertz CT molecular complexity index is 865. The van der Waals surface area contributed by atoms with Crippen molar-refractivity contribution in [3.8, 4) is 0 Å². The van der Waals surface area contributed by atoms with Crippen LogP contribution in [-0.2, 0) is 10.3 Å². The van der Waals surface area contributed by atoms with Crippen molar-refractivity contribution in [2.24, 2.45) is 10.7 Å². The third-order valence-electron chi connectivity index (χ3n) is 3.86. The van der Waals surface area contributed by atoms with Crippen molar-refractivity contribution in [3.63, 3.8) is 0 Å². The molecule has 1 aromatic heterocycles. The smallest absolute Gasteiger partial charge is 0.274 e. The number of rotatable bonds is 4. The molecule has 2 heterocycles. The maximum atomic E-state index is 14.3. The second-order valence-electron chi connectivity index (χ2n) is 5.77. The molecule has 1 aliphatic heterocycles. The van der Waals surface area contributed by atoms with Gasteiger partial charge in [-0.3, -0.25) is 9.79 Å². The van der Waals surface area contributed by atoms with E-state index in [0.717, 1.165) is 6.07 Å². The number of hydrogen-bond acceptors (Lipinski definition) is 5. The summed E-state index contributed by atoms with van der Waals surface area (Å²) < 4.78 is 33.3. The van der Waals surface area contributed by atoms with Crippen LogP contribution in [-0.4, -0.2) is 36.6 Å².